The smallest absolute Gasteiger partial charge is 0.357 e. The van der Waals surface area contributed by atoms with Crippen LogP contribution >= 0.6 is 0 Å². The quantitative estimate of drug-likeness (QED) is 0.582. The maximum absolute atomic E-state index is 12.9. The highest BCUT2D eigenvalue weighted by Crippen LogP contribution is 2.46. The maximum atomic E-state index is 12.9. The fraction of sp³-hybridized carbons (Fsp3) is 0.538. The highest BCUT2D eigenvalue weighted by Gasteiger charge is 2.42. The Hall–Kier alpha value is -2.39. The summed E-state index contributed by atoms with van der Waals surface area (Å²) in [7, 11) is 0. The van der Waals surface area contributed by atoms with Crippen LogP contribution in [-0.2, 0) is 6.18 Å². The number of nitrogens with zero attached hydrogens (tertiary/aromatic N) is 3. The van der Waals surface area contributed by atoms with Gasteiger partial charge < -0.3 is 4.90 Å². The molecule has 0 heterocycles. The van der Waals surface area contributed by atoms with Crippen LogP contribution in [0.4, 0.5) is 30.2 Å². The summed E-state index contributed by atoms with van der Waals surface area (Å²) in [5.41, 5.74) is -3.50. The van der Waals surface area contributed by atoms with Crippen molar-refractivity contribution in [3.63, 3.8) is 0 Å². The molecule has 0 N–H and O–H groups in total. The van der Waals surface area contributed by atoms with Crippen molar-refractivity contribution in [3.05, 3.63) is 37.9 Å². The highest BCUT2D eigenvalue weighted by atomic mass is 19.4. The number of halogens is 3. The molecule has 0 unspecified atom stereocenters. The summed E-state index contributed by atoms with van der Waals surface area (Å²) in [5, 5.41) is 22.4. The summed E-state index contributed by atoms with van der Waals surface area (Å²) >= 11 is 0. The fourth-order valence-electron chi connectivity index (χ4n) is 2.44. The summed E-state index contributed by atoms with van der Waals surface area (Å²) < 4.78 is 38.6. The van der Waals surface area contributed by atoms with Crippen LogP contribution in [-0.4, -0.2) is 22.4 Å². The molecule has 0 bridgehead atoms. The number of hydrogen-bond donors (Lipinski definition) is 0. The second-order valence-corrected chi connectivity index (χ2v) is 5.30. The summed E-state index contributed by atoms with van der Waals surface area (Å²) in [6.45, 7) is 2.09. The van der Waals surface area contributed by atoms with Crippen LogP contribution < -0.4 is 4.90 Å². The molecular formula is C13H14F3N3O4. The van der Waals surface area contributed by atoms with Crippen LogP contribution in [0.25, 0.3) is 0 Å². The van der Waals surface area contributed by atoms with Gasteiger partial charge >= 0.3 is 6.18 Å². The lowest BCUT2D eigenvalue weighted by Gasteiger charge is -2.24. The van der Waals surface area contributed by atoms with Gasteiger partial charge in [-0.1, -0.05) is 6.92 Å². The van der Waals surface area contributed by atoms with Gasteiger partial charge in [0.2, 0.25) is 0 Å². The van der Waals surface area contributed by atoms with E-state index >= 15 is 0 Å². The monoisotopic (exact) mass is 333 g/mol. The zero-order valence-electron chi connectivity index (χ0n) is 12.2. The van der Waals surface area contributed by atoms with Crippen molar-refractivity contribution in [2.75, 3.05) is 11.4 Å². The molecule has 2 rings (SSSR count). The van der Waals surface area contributed by atoms with Crippen LogP contribution in [0.5, 0.6) is 0 Å². The normalized spacial score (nSPS) is 14.6. The van der Waals surface area contributed by atoms with Gasteiger partial charge in [0.15, 0.2) is 5.69 Å². The van der Waals surface area contributed by atoms with E-state index in [1.165, 1.54) is 4.90 Å². The zero-order chi connectivity index (χ0) is 17.4. The molecule has 0 saturated heterocycles. The van der Waals surface area contributed by atoms with Crippen molar-refractivity contribution in [2.24, 2.45) is 0 Å². The standard InChI is InChI=1S/C13H14F3N3O4/c1-2-5-17(9-3-4-9)12-10(18(20)21)6-8(13(14,15)16)7-11(12)19(22)23/h6-7,9H,2-5H2,1H3. The second-order valence-electron chi connectivity index (χ2n) is 5.30. The molecule has 126 valence electrons. The fourth-order valence-corrected chi connectivity index (χ4v) is 2.44. The van der Waals surface area contributed by atoms with Crippen molar-refractivity contribution < 1.29 is 23.0 Å². The number of nitro groups is 2. The Labute approximate surface area is 129 Å². The van der Waals surface area contributed by atoms with Gasteiger partial charge in [-0.3, -0.25) is 20.2 Å². The van der Waals surface area contributed by atoms with Gasteiger partial charge in [-0.05, 0) is 19.3 Å². The van der Waals surface area contributed by atoms with Crippen molar-refractivity contribution >= 4 is 17.1 Å². The lowest BCUT2D eigenvalue weighted by atomic mass is 10.1. The summed E-state index contributed by atoms with van der Waals surface area (Å²) in [6.07, 6.45) is -2.93. The van der Waals surface area contributed by atoms with E-state index in [9.17, 15) is 33.4 Å². The van der Waals surface area contributed by atoms with Crippen molar-refractivity contribution in [2.45, 2.75) is 38.4 Å². The lowest BCUT2D eigenvalue weighted by Crippen LogP contribution is -2.28. The van der Waals surface area contributed by atoms with Crippen LogP contribution in [0.3, 0.4) is 0 Å². The predicted octanol–water partition coefficient (Wildman–Crippen LogP) is 3.90. The Morgan fingerprint density at radius 3 is 1.96 bits per heavy atom. The first kappa shape index (κ1) is 17.0. The SMILES string of the molecule is CCCN(c1c([N+](=O)[O-])cc(C(F)(F)F)cc1[N+](=O)[O-])C1CC1. The van der Waals surface area contributed by atoms with Crippen LogP contribution in [0.15, 0.2) is 12.1 Å². The molecule has 0 spiro atoms. The first-order chi connectivity index (χ1) is 10.7. The van der Waals surface area contributed by atoms with Crippen LogP contribution in [0.1, 0.15) is 31.7 Å². The molecule has 1 aromatic carbocycles. The third-order valence-electron chi connectivity index (χ3n) is 3.53. The van der Waals surface area contributed by atoms with Gasteiger partial charge in [-0.15, -0.1) is 0 Å². The van der Waals surface area contributed by atoms with E-state index in [0.717, 1.165) is 0 Å². The lowest BCUT2D eigenvalue weighted by molar-refractivity contribution is -0.393. The molecule has 1 fully saturated rings. The van der Waals surface area contributed by atoms with Gasteiger partial charge in [0.25, 0.3) is 11.4 Å². The highest BCUT2D eigenvalue weighted by molar-refractivity contribution is 5.77. The van der Waals surface area contributed by atoms with Gasteiger partial charge in [-0.25, -0.2) is 0 Å². The van der Waals surface area contributed by atoms with E-state index in [1.807, 2.05) is 0 Å². The minimum atomic E-state index is -4.90. The van der Waals surface area contributed by atoms with Gasteiger partial charge in [0, 0.05) is 24.7 Å². The molecule has 0 atom stereocenters. The number of alkyl halides is 3. The number of rotatable bonds is 6. The first-order valence-electron chi connectivity index (χ1n) is 6.97. The molecule has 1 aliphatic rings. The Morgan fingerprint density at radius 2 is 1.65 bits per heavy atom. The van der Waals surface area contributed by atoms with E-state index in [1.54, 1.807) is 6.92 Å². The van der Waals surface area contributed by atoms with Gasteiger partial charge in [-0.2, -0.15) is 13.2 Å². The minimum Gasteiger partial charge on any atom is -0.357 e. The van der Waals surface area contributed by atoms with Gasteiger partial charge in [0.05, 0.1) is 15.4 Å². The summed E-state index contributed by atoms with van der Waals surface area (Å²) in [4.78, 5) is 21.9. The third-order valence-corrected chi connectivity index (χ3v) is 3.53. The average molecular weight is 333 g/mol. The van der Waals surface area contributed by atoms with Gasteiger partial charge in [0.1, 0.15) is 0 Å². The Balaban J connectivity index is 2.71. The first-order valence-corrected chi connectivity index (χ1v) is 6.97. The van der Waals surface area contributed by atoms with E-state index < -0.39 is 33.0 Å². The molecule has 0 aliphatic heterocycles. The molecule has 0 aromatic heterocycles. The molecule has 1 saturated carbocycles. The number of benzene rings is 1. The Kier molecular flexibility index (Phi) is 4.44. The van der Waals surface area contributed by atoms with Crippen molar-refractivity contribution in [1.29, 1.82) is 0 Å². The van der Waals surface area contributed by atoms with Crippen molar-refractivity contribution in [1.82, 2.24) is 0 Å². The third kappa shape index (κ3) is 3.51. The number of hydrogen-bond acceptors (Lipinski definition) is 5. The molecule has 0 amide bonds. The molecular weight excluding hydrogens is 319 g/mol. The topological polar surface area (TPSA) is 89.5 Å². The number of nitro benzene ring substituents is 2. The van der Waals surface area contributed by atoms with E-state index in [-0.39, 0.29) is 11.7 Å². The molecule has 23 heavy (non-hydrogen) atoms. The predicted molar refractivity (Wildman–Crippen MR) is 75.4 cm³/mol. The minimum absolute atomic E-state index is 0.107. The van der Waals surface area contributed by atoms with Crippen LogP contribution in [0, 0.1) is 20.2 Å². The van der Waals surface area contributed by atoms with Crippen LogP contribution in [0.2, 0.25) is 0 Å². The Bertz CT molecular complexity index is 609. The largest absolute Gasteiger partial charge is 0.416 e. The molecule has 0 radical (unpaired) electrons. The van der Waals surface area contributed by atoms with E-state index in [2.05, 4.69) is 0 Å². The molecule has 1 aliphatic carbocycles. The van der Waals surface area contributed by atoms with Crippen molar-refractivity contribution in [3.8, 4) is 0 Å². The maximum Gasteiger partial charge on any atom is 0.416 e. The molecule has 10 heteroatoms. The molecule has 7 nitrogen and oxygen atoms in total. The van der Waals surface area contributed by atoms with E-state index in [0.29, 0.717) is 37.9 Å². The Morgan fingerprint density at radius 1 is 1.17 bits per heavy atom. The number of anilines is 1. The summed E-state index contributed by atoms with van der Waals surface area (Å²) in [5.74, 6) is 0. The second kappa shape index (κ2) is 6.01. The summed E-state index contributed by atoms with van der Waals surface area (Å²) in [6, 6.07) is 0.630. The average Bonchev–Trinajstić information content (AvgIpc) is 3.26. The molecule has 1 aromatic rings. The van der Waals surface area contributed by atoms with E-state index in [4.69, 9.17) is 0 Å². The zero-order valence-corrected chi connectivity index (χ0v) is 12.2.